The van der Waals surface area contributed by atoms with Crippen molar-refractivity contribution in [1.82, 2.24) is 8.96 Å². The zero-order valence-corrected chi connectivity index (χ0v) is 17.3. The SMILES string of the molecule is O=C(O)Nc1cc(Br)c(-c2ccnc3c2ccn3S(=O)(=O)c2ccccc2)s1. The molecule has 1 amide bonds. The van der Waals surface area contributed by atoms with Crippen LogP contribution in [-0.4, -0.2) is 28.6 Å². The van der Waals surface area contributed by atoms with Crippen molar-refractivity contribution in [3.63, 3.8) is 0 Å². The normalized spacial score (nSPS) is 11.6. The molecule has 0 spiro atoms. The lowest BCUT2D eigenvalue weighted by molar-refractivity contribution is 0.210. The van der Waals surface area contributed by atoms with E-state index < -0.39 is 16.1 Å². The monoisotopic (exact) mass is 477 g/mol. The minimum atomic E-state index is -3.79. The van der Waals surface area contributed by atoms with Crippen LogP contribution in [-0.2, 0) is 10.0 Å². The summed E-state index contributed by atoms with van der Waals surface area (Å²) in [4.78, 5) is 16.1. The minimum Gasteiger partial charge on any atom is -0.465 e. The number of pyridine rings is 1. The molecule has 142 valence electrons. The maximum Gasteiger partial charge on any atom is 0.409 e. The molecule has 3 heterocycles. The minimum absolute atomic E-state index is 0.171. The van der Waals surface area contributed by atoms with Gasteiger partial charge < -0.3 is 5.11 Å². The van der Waals surface area contributed by atoms with Crippen molar-refractivity contribution in [3.05, 3.63) is 65.4 Å². The van der Waals surface area contributed by atoms with Crippen molar-refractivity contribution in [3.8, 4) is 10.4 Å². The lowest BCUT2D eigenvalue weighted by atomic mass is 10.1. The van der Waals surface area contributed by atoms with Crippen molar-refractivity contribution < 1.29 is 18.3 Å². The quantitative estimate of drug-likeness (QED) is 0.437. The smallest absolute Gasteiger partial charge is 0.409 e. The van der Waals surface area contributed by atoms with E-state index in [1.165, 1.54) is 35.9 Å². The van der Waals surface area contributed by atoms with Crippen LogP contribution < -0.4 is 5.32 Å². The van der Waals surface area contributed by atoms with Gasteiger partial charge in [-0.05, 0) is 46.3 Å². The third-order valence-electron chi connectivity index (χ3n) is 4.02. The molecule has 10 heteroatoms. The number of nitrogens with one attached hydrogen (secondary N) is 1. The number of rotatable bonds is 4. The van der Waals surface area contributed by atoms with E-state index in [0.717, 1.165) is 14.4 Å². The van der Waals surface area contributed by atoms with Gasteiger partial charge in [0.25, 0.3) is 10.0 Å². The van der Waals surface area contributed by atoms with Crippen LogP contribution in [0.3, 0.4) is 0 Å². The summed E-state index contributed by atoms with van der Waals surface area (Å²) in [6, 6.07) is 13.3. The maximum absolute atomic E-state index is 13.0. The highest BCUT2D eigenvalue weighted by Crippen LogP contribution is 2.42. The lowest BCUT2D eigenvalue weighted by Gasteiger charge is -2.07. The van der Waals surface area contributed by atoms with Gasteiger partial charge >= 0.3 is 6.09 Å². The Balaban J connectivity index is 1.87. The molecule has 0 unspecified atom stereocenters. The highest BCUT2D eigenvalue weighted by molar-refractivity contribution is 9.10. The summed E-state index contributed by atoms with van der Waals surface area (Å²) in [6.07, 6.45) is 1.85. The standard InChI is InChI=1S/C18H12BrN3O4S2/c19-14-10-15(21-18(23)24)27-16(14)12-6-8-20-17-13(12)7-9-22(17)28(25,26)11-4-2-1-3-5-11/h1-10,21H,(H,23,24). The van der Waals surface area contributed by atoms with E-state index in [1.807, 2.05) is 0 Å². The molecule has 4 rings (SSSR count). The topological polar surface area (TPSA) is 101 Å². The van der Waals surface area contributed by atoms with Gasteiger partial charge in [-0.25, -0.2) is 22.2 Å². The van der Waals surface area contributed by atoms with Crippen molar-refractivity contribution in [2.75, 3.05) is 5.32 Å². The number of hydrogen-bond acceptors (Lipinski definition) is 5. The predicted octanol–water partition coefficient (Wildman–Crippen LogP) is 4.85. The molecule has 2 N–H and O–H groups in total. The number of hydrogen-bond donors (Lipinski definition) is 2. The molecule has 4 aromatic rings. The predicted molar refractivity (Wildman–Crippen MR) is 111 cm³/mol. The van der Waals surface area contributed by atoms with Crippen molar-refractivity contribution >= 4 is 59.4 Å². The van der Waals surface area contributed by atoms with Gasteiger partial charge in [0.2, 0.25) is 0 Å². The molecule has 0 radical (unpaired) electrons. The number of nitrogens with zero attached hydrogens (tertiary/aromatic N) is 2. The Morgan fingerprint density at radius 1 is 1.18 bits per heavy atom. The first kappa shape index (κ1) is 18.7. The Morgan fingerprint density at radius 2 is 1.93 bits per heavy atom. The summed E-state index contributed by atoms with van der Waals surface area (Å²) in [6.45, 7) is 0. The number of benzene rings is 1. The molecule has 0 fully saturated rings. The van der Waals surface area contributed by atoms with E-state index in [4.69, 9.17) is 5.11 Å². The van der Waals surface area contributed by atoms with Gasteiger partial charge in [-0.1, -0.05) is 18.2 Å². The molecule has 28 heavy (non-hydrogen) atoms. The second kappa shape index (κ2) is 7.04. The number of amides is 1. The van der Waals surface area contributed by atoms with E-state index >= 15 is 0 Å². The Bertz CT molecular complexity index is 1300. The molecular weight excluding hydrogens is 466 g/mol. The Labute approximate surface area is 172 Å². The van der Waals surface area contributed by atoms with Crippen LogP contribution in [0.2, 0.25) is 0 Å². The number of fused-ring (bicyclic) bond motifs is 1. The van der Waals surface area contributed by atoms with Gasteiger partial charge in [0.1, 0.15) is 0 Å². The summed E-state index contributed by atoms with van der Waals surface area (Å²) in [5.74, 6) is 0. The number of carbonyl (C=O) groups is 1. The number of halogens is 1. The first-order valence-corrected chi connectivity index (χ1v) is 11.0. The molecule has 0 saturated carbocycles. The molecule has 1 aromatic carbocycles. The summed E-state index contributed by atoms with van der Waals surface area (Å²) >= 11 is 4.69. The largest absolute Gasteiger partial charge is 0.465 e. The second-order valence-electron chi connectivity index (χ2n) is 5.74. The fourth-order valence-electron chi connectivity index (χ4n) is 2.83. The van der Waals surface area contributed by atoms with Crippen LogP contribution in [0.4, 0.5) is 9.80 Å². The fraction of sp³-hybridized carbons (Fsp3) is 0. The molecule has 0 atom stereocenters. The van der Waals surface area contributed by atoms with E-state index in [1.54, 1.807) is 36.4 Å². The highest BCUT2D eigenvalue weighted by atomic mass is 79.9. The molecule has 3 aromatic heterocycles. The Kier molecular flexibility index (Phi) is 4.69. The van der Waals surface area contributed by atoms with Crippen LogP contribution in [0, 0.1) is 0 Å². The second-order valence-corrected chi connectivity index (χ2v) is 9.46. The van der Waals surface area contributed by atoms with E-state index in [9.17, 15) is 13.2 Å². The molecular formula is C18H12BrN3O4S2. The van der Waals surface area contributed by atoms with E-state index in [2.05, 4.69) is 26.2 Å². The average Bonchev–Trinajstić information content (AvgIpc) is 3.25. The lowest BCUT2D eigenvalue weighted by Crippen LogP contribution is -2.12. The zero-order chi connectivity index (χ0) is 19.9. The van der Waals surface area contributed by atoms with Gasteiger partial charge in [-0.3, -0.25) is 5.32 Å². The highest BCUT2D eigenvalue weighted by Gasteiger charge is 2.21. The molecule has 7 nitrogen and oxygen atoms in total. The molecule has 0 aliphatic carbocycles. The van der Waals surface area contributed by atoms with Gasteiger partial charge in [0, 0.05) is 27.8 Å². The van der Waals surface area contributed by atoms with Crippen LogP contribution in [0.25, 0.3) is 21.5 Å². The molecule has 0 saturated heterocycles. The summed E-state index contributed by atoms with van der Waals surface area (Å²) in [5, 5.41) is 12.3. The van der Waals surface area contributed by atoms with Crippen LogP contribution in [0.15, 0.2) is 70.3 Å². The summed E-state index contributed by atoms with van der Waals surface area (Å²) < 4.78 is 27.8. The molecule has 0 aliphatic rings. The van der Waals surface area contributed by atoms with Gasteiger partial charge in [0.15, 0.2) is 5.65 Å². The van der Waals surface area contributed by atoms with Crippen LogP contribution in [0.1, 0.15) is 0 Å². The van der Waals surface area contributed by atoms with Gasteiger partial charge in [-0.2, -0.15) is 0 Å². The average molecular weight is 478 g/mol. The fourth-order valence-corrected chi connectivity index (χ4v) is 5.97. The van der Waals surface area contributed by atoms with Crippen molar-refractivity contribution in [2.24, 2.45) is 0 Å². The number of anilines is 1. The zero-order valence-electron chi connectivity index (χ0n) is 14.0. The third kappa shape index (κ3) is 3.19. The van der Waals surface area contributed by atoms with Gasteiger partial charge in [0.05, 0.1) is 14.8 Å². The molecule has 0 aliphatic heterocycles. The Hall–Kier alpha value is -2.69. The first-order chi connectivity index (χ1) is 13.4. The van der Waals surface area contributed by atoms with E-state index in [-0.39, 0.29) is 4.90 Å². The van der Waals surface area contributed by atoms with Crippen LogP contribution in [0.5, 0.6) is 0 Å². The number of aromatic nitrogens is 2. The van der Waals surface area contributed by atoms with E-state index in [0.29, 0.717) is 20.5 Å². The summed E-state index contributed by atoms with van der Waals surface area (Å²) in [5.41, 5.74) is 1.05. The van der Waals surface area contributed by atoms with Crippen molar-refractivity contribution in [2.45, 2.75) is 4.90 Å². The molecule has 0 bridgehead atoms. The third-order valence-corrected chi connectivity index (χ3v) is 7.67. The maximum atomic E-state index is 13.0. The number of thiophene rings is 1. The first-order valence-electron chi connectivity index (χ1n) is 7.94. The summed E-state index contributed by atoms with van der Waals surface area (Å²) in [7, 11) is -3.79. The number of carboxylic acid groups (broad SMARTS) is 1. The van der Waals surface area contributed by atoms with Gasteiger partial charge in [-0.15, -0.1) is 11.3 Å². The Morgan fingerprint density at radius 3 is 2.64 bits per heavy atom. The van der Waals surface area contributed by atoms with Crippen LogP contribution >= 0.6 is 27.3 Å². The van der Waals surface area contributed by atoms with Crippen molar-refractivity contribution in [1.29, 1.82) is 0 Å².